The van der Waals surface area contributed by atoms with Crippen LogP contribution in [0.2, 0.25) is 0 Å². The SMILES string of the molecule is CC1(C)CC(=O)c2cc(C#CC3CCCC3)cnc2C1. The van der Waals surface area contributed by atoms with Gasteiger partial charge in [-0.2, -0.15) is 0 Å². The van der Waals surface area contributed by atoms with Crippen LogP contribution in [0.3, 0.4) is 0 Å². The number of rotatable bonds is 0. The van der Waals surface area contributed by atoms with Crippen molar-refractivity contribution in [2.45, 2.75) is 52.4 Å². The van der Waals surface area contributed by atoms with Crippen LogP contribution in [0.5, 0.6) is 0 Å². The minimum atomic E-state index is 0.0358. The van der Waals surface area contributed by atoms with Crippen LogP contribution in [-0.2, 0) is 6.42 Å². The summed E-state index contributed by atoms with van der Waals surface area (Å²) in [6.45, 7) is 4.26. The van der Waals surface area contributed by atoms with Gasteiger partial charge < -0.3 is 0 Å². The number of carbonyl (C=O) groups is 1. The summed E-state index contributed by atoms with van der Waals surface area (Å²) in [5.41, 5.74) is 2.66. The second-order valence-electron chi connectivity index (χ2n) is 6.91. The maximum absolute atomic E-state index is 12.2. The Morgan fingerprint density at radius 3 is 2.75 bits per heavy atom. The van der Waals surface area contributed by atoms with Crippen LogP contribution in [0.25, 0.3) is 0 Å². The van der Waals surface area contributed by atoms with E-state index >= 15 is 0 Å². The summed E-state index contributed by atoms with van der Waals surface area (Å²) in [6.07, 6.45) is 8.36. The van der Waals surface area contributed by atoms with E-state index < -0.39 is 0 Å². The minimum Gasteiger partial charge on any atom is -0.294 e. The molecule has 2 aliphatic carbocycles. The van der Waals surface area contributed by atoms with Crippen molar-refractivity contribution in [1.29, 1.82) is 0 Å². The second-order valence-corrected chi connectivity index (χ2v) is 6.91. The Morgan fingerprint density at radius 2 is 2.00 bits per heavy atom. The molecule has 0 unspecified atom stereocenters. The van der Waals surface area contributed by atoms with Crippen LogP contribution in [0.4, 0.5) is 0 Å². The Hall–Kier alpha value is -1.62. The topological polar surface area (TPSA) is 30.0 Å². The van der Waals surface area contributed by atoms with Gasteiger partial charge in [0, 0.05) is 29.7 Å². The minimum absolute atomic E-state index is 0.0358. The van der Waals surface area contributed by atoms with Gasteiger partial charge >= 0.3 is 0 Å². The van der Waals surface area contributed by atoms with Gasteiger partial charge in [0.25, 0.3) is 0 Å². The number of hydrogen-bond acceptors (Lipinski definition) is 2. The molecule has 2 aliphatic rings. The van der Waals surface area contributed by atoms with E-state index in [0.717, 1.165) is 23.2 Å². The van der Waals surface area contributed by atoms with Gasteiger partial charge in [-0.05, 0) is 30.7 Å². The van der Waals surface area contributed by atoms with E-state index in [9.17, 15) is 4.79 Å². The van der Waals surface area contributed by atoms with Gasteiger partial charge in [0.05, 0.1) is 5.69 Å². The zero-order valence-corrected chi connectivity index (χ0v) is 12.3. The molecule has 1 heterocycles. The standard InChI is InChI=1S/C18H21NO/c1-18(2)10-16-15(17(20)11-18)9-14(12-19-16)8-7-13-5-3-4-6-13/h9,12-13H,3-6,10-11H2,1-2H3. The lowest BCUT2D eigenvalue weighted by Crippen LogP contribution is -2.27. The van der Waals surface area contributed by atoms with Gasteiger partial charge in [-0.15, -0.1) is 0 Å². The van der Waals surface area contributed by atoms with E-state index in [1.165, 1.54) is 25.7 Å². The van der Waals surface area contributed by atoms with Crippen molar-refractivity contribution in [3.8, 4) is 11.8 Å². The number of ketones is 1. The third kappa shape index (κ3) is 2.77. The zero-order chi connectivity index (χ0) is 14.2. The summed E-state index contributed by atoms with van der Waals surface area (Å²) in [6, 6.07) is 1.95. The van der Waals surface area contributed by atoms with E-state index in [0.29, 0.717) is 12.3 Å². The maximum Gasteiger partial charge on any atom is 0.165 e. The molecule has 0 spiro atoms. The molecular weight excluding hydrogens is 246 g/mol. The van der Waals surface area contributed by atoms with Crippen LogP contribution < -0.4 is 0 Å². The summed E-state index contributed by atoms with van der Waals surface area (Å²) in [5, 5.41) is 0. The molecule has 0 radical (unpaired) electrons. The predicted molar refractivity (Wildman–Crippen MR) is 79.5 cm³/mol. The summed E-state index contributed by atoms with van der Waals surface area (Å²) in [7, 11) is 0. The van der Waals surface area contributed by atoms with Crippen molar-refractivity contribution >= 4 is 5.78 Å². The molecule has 1 fully saturated rings. The Morgan fingerprint density at radius 1 is 1.25 bits per heavy atom. The molecule has 1 aromatic heterocycles. The van der Waals surface area contributed by atoms with Crippen molar-refractivity contribution in [2.24, 2.45) is 11.3 Å². The molecular formula is C18H21NO. The predicted octanol–water partition coefficient (Wildman–Crippen LogP) is 3.78. The van der Waals surface area contributed by atoms with Crippen LogP contribution in [-0.4, -0.2) is 10.8 Å². The molecule has 0 aliphatic heterocycles. The molecule has 0 aromatic carbocycles. The number of fused-ring (bicyclic) bond motifs is 1. The molecule has 0 N–H and O–H groups in total. The highest BCUT2D eigenvalue weighted by Crippen LogP contribution is 2.33. The van der Waals surface area contributed by atoms with E-state index in [1.54, 1.807) is 0 Å². The van der Waals surface area contributed by atoms with E-state index in [2.05, 4.69) is 30.7 Å². The molecule has 2 heteroatoms. The normalized spacial score (nSPS) is 21.2. The van der Waals surface area contributed by atoms with Crippen molar-refractivity contribution in [1.82, 2.24) is 4.98 Å². The van der Waals surface area contributed by atoms with Gasteiger partial charge in [0.1, 0.15) is 0 Å². The first-order chi connectivity index (χ1) is 9.53. The fourth-order valence-corrected chi connectivity index (χ4v) is 3.24. The molecule has 20 heavy (non-hydrogen) atoms. The van der Waals surface area contributed by atoms with E-state index in [4.69, 9.17) is 0 Å². The first kappa shape index (κ1) is 13.4. The Labute approximate surface area is 121 Å². The highest BCUT2D eigenvalue weighted by Gasteiger charge is 2.31. The smallest absolute Gasteiger partial charge is 0.165 e. The fraction of sp³-hybridized carbons (Fsp3) is 0.556. The number of pyridine rings is 1. The monoisotopic (exact) mass is 267 g/mol. The van der Waals surface area contributed by atoms with Gasteiger partial charge in [-0.3, -0.25) is 9.78 Å². The largest absolute Gasteiger partial charge is 0.294 e. The lowest BCUT2D eigenvalue weighted by Gasteiger charge is -2.29. The summed E-state index contributed by atoms with van der Waals surface area (Å²) in [5.74, 6) is 7.31. The highest BCUT2D eigenvalue weighted by molar-refractivity contribution is 5.98. The number of Topliss-reactive ketones (excluding diaryl/α,β-unsaturated/α-hetero) is 1. The molecule has 1 saturated carbocycles. The molecule has 2 nitrogen and oxygen atoms in total. The maximum atomic E-state index is 12.2. The van der Waals surface area contributed by atoms with Crippen molar-refractivity contribution in [3.63, 3.8) is 0 Å². The third-order valence-electron chi connectivity index (χ3n) is 4.33. The molecule has 3 rings (SSSR count). The third-order valence-corrected chi connectivity index (χ3v) is 4.33. The van der Waals surface area contributed by atoms with Crippen LogP contribution >= 0.6 is 0 Å². The Balaban J connectivity index is 1.86. The fourth-order valence-electron chi connectivity index (χ4n) is 3.24. The van der Waals surface area contributed by atoms with Crippen molar-refractivity contribution in [2.75, 3.05) is 0 Å². The van der Waals surface area contributed by atoms with Crippen molar-refractivity contribution in [3.05, 3.63) is 29.1 Å². The first-order valence-corrected chi connectivity index (χ1v) is 7.57. The van der Waals surface area contributed by atoms with Gasteiger partial charge in [0.15, 0.2) is 5.78 Å². The quantitative estimate of drug-likeness (QED) is 0.670. The summed E-state index contributed by atoms with van der Waals surface area (Å²) >= 11 is 0. The van der Waals surface area contributed by atoms with Gasteiger partial charge in [-0.25, -0.2) is 0 Å². The molecule has 0 atom stereocenters. The Bertz CT molecular complexity index is 598. The van der Waals surface area contributed by atoms with Crippen LogP contribution in [0.15, 0.2) is 12.3 Å². The Kier molecular flexibility index (Phi) is 3.38. The van der Waals surface area contributed by atoms with Gasteiger partial charge in [0.2, 0.25) is 0 Å². The lowest BCUT2D eigenvalue weighted by molar-refractivity contribution is 0.0910. The van der Waals surface area contributed by atoms with Crippen LogP contribution in [0.1, 0.15) is 67.6 Å². The molecule has 0 saturated heterocycles. The average Bonchev–Trinajstić information content (AvgIpc) is 2.88. The molecule has 0 amide bonds. The first-order valence-electron chi connectivity index (χ1n) is 7.57. The highest BCUT2D eigenvalue weighted by atomic mass is 16.1. The number of aromatic nitrogens is 1. The van der Waals surface area contributed by atoms with E-state index in [-0.39, 0.29) is 11.2 Å². The average molecular weight is 267 g/mol. The number of nitrogens with zero attached hydrogens (tertiary/aromatic N) is 1. The summed E-state index contributed by atoms with van der Waals surface area (Å²) < 4.78 is 0. The second kappa shape index (κ2) is 5.05. The lowest BCUT2D eigenvalue weighted by atomic mass is 9.75. The molecule has 0 bridgehead atoms. The molecule has 1 aromatic rings. The molecule has 104 valence electrons. The van der Waals surface area contributed by atoms with E-state index in [1.807, 2.05) is 12.3 Å². The zero-order valence-electron chi connectivity index (χ0n) is 12.3. The summed E-state index contributed by atoms with van der Waals surface area (Å²) in [4.78, 5) is 16.7. The van der Waals surface area contributed by atoms with Gasteiger partial charge in [-0.1, -0.05) is 38.5 Å². The van der Waals surface area contributed by atoms with Crippen LogP contribution in [0, 0.1) is 23.2 Å². The van der Waals surface area contributed by atoms with Crippen molar-refractivity contribution < 1.29 is 4.79 Å². The number of hydrogen-bond donors (Lipinski definition) is 0. The number of carbonyl (C=O) groups excluding carboxylic acids is 1.